The van der Waals surface area contributed by atoms with Crippen LogP contribution in [-0.4, -0.2) is 19.2 Å². The number of fused-ring (bicyclic) bond motifs is 2. The van der Waals surface area contributed by atoms with E-state index >= 15 is 0 Å². The summed E-state index contributed by atoms with van der Waals surface area (Å²) in [5, 5.41) is 5.01. The van der Waals surface area contributed by atoms with Gasteiger partial charge in [-0.2, -0.15) is 0 Å². The number of carbonyl (C=O) groups is 1. The van der Waals surface area contributed by atoms with Crippen molar-refractivity contribution in [2.75, 3.05) is 13.2 Å². The van der Waals surface area contributed by atoms with Crippen molar-refractivity contribution in [2.45, 2.75) is 103 Å². The van der Waals surface area contributed by atoms with E-state index in [1.165, 1.54) is 92.2 Å². The number of carbonyl (C=O) groups excluding carboxylic acids is 1. The Morgan fingerprint density at radius 1 is 0.611 bits per heavy atom. The van der Waals surface area contributed by atoms with Crippen molar-refractivity contribution in [1.29, 1.82) is 0 Å². The summed E-state index contributed by atoms with van der Waals surface area (Å²) >= 11 is 0. The minimum absolute atomic E-state index is 0.0410. The predicted octanol–water partition coefficient (Wildman–Crippen LogP) is 9.79. The predicted molar refractivity (Wildman–Crippen MR) is 153 cm³/mol. The molecular weight excluding hydrogens is 444 g/mol. The molecule has 0 saturated heterocycles. The van der Waals surface area contributed by atoms with Crippen LogP contribution in [0, 0.1) is 0 Å². The van der Waals surface area contributed by atoms with Crippen LogP contribution in [0.5, 0.6) is 5.75 Å². The molecule has 0 spiro atoms. The highest BCUT2D eigenvalue weighted by Gasteiger charge is 2.04. The smallest absolute Gasteiger partial charge is 0.305 e. The Morgan fingerprint density at radius 2 is 1.14 bits per heavy atom. The van der Waals surface area contributed by atoms with E-state index in [2.05, 4.69) is 54.6 Å². The summed E-state index contributed by atoms with van der Waals surface area (Å²) in [6, 6.07) is 19.4. The molecule has 0 unspecified atom stereocenters. The molecule has 0 atom stereocenters. The van der Waals surface area contributed by atoms with Crippen LogP contribution >= 0.6 is 0 Å². The minimum Gasteiger partial charge on any atom is -0.493 e. The first kappa shape index (κ1) is 28.0. The molecule has 3 nitrogen and oxygen atoms in total. The maximum atomic E-state index is 11.3. The van der Waals surface area contributed by atoms with Crippen LogP contribution in [0.1, 0.15) is 103 Å². The van der Waals surface area contributed by atoms with Gasteiger partial charge in [0.1, 0.15) is 5.75 Å². The zero-order valence-corrected chi connectivity index (χ0v) is 22.4. The van der Waals surface area contributed by atoms with E-state index in [1.807, 2.05) is 6.92 Å². The van der Waals surface area contributed by atoms with Gasteiger partial charge >= 0.3 is 5.97 Å². The third kappa shape index (κ3) is 10.2. The molecule has 196 valence electrons. The van der Waals surface area contributed by atoms with Crippen molar-refractivity contribution in [3.63, 3.8) is 0 Å². The quantitative estimate of drug-likeness (QED) is 0.0952. The number of esters is 1. The monoisotopic (exact) mass is 490 g/mol. The minimum atomic E-state index is -0.0410. The van der Waals surface area contributed by atoms with E-state index in [-0.39, 0.29) is 5.97 Å². The summed E-state index contributed by atoms with van der Waals surface area (Å²) in [7, 11) is 0. The molecule has 0 aliphatic heterocycles. The first-order chi connectivity index (χ1) is 17.8. The number of rotatable bonds is 19. The fraction of sp³-hybridized carbons (Fsp3) is 0.545. The van der Waals surface area contributed by atoms with Crippen LogP contribution in [0.15, 0.2) is 54.6 Å². The average Bonchev–Trinajstić information content (AvgIpc) is 2.89. The lowest BCUT2D eigenvalue weighted by Gasteiger charge is -2.10. The van der Waals surface area contributed by atoms with Crippen LogP contribution in [0.3, 0.4) is 0 Å². The van der Waals surface area contributed by atoms with Gasteiger partial charge in [-0.3, -0.25) is 4.79 Å². The molecule has 0 radical (unpaired) electrons. The van der Waals surface area contributed by atoms with Gasteiger partial charge in [0.2, 0.25) is 0 Å². The van der Waals surface area contributed by atoms with E-state index in [0.717, 1.165) is 31.6 Å². The summed E-state index contributed by atoms with van der Waals surface area (Å²) in [4.78, 5) is 11.3. The number of hydrogen-bond acceptors (Lipinski definition) is 3. The topological polar surface area (TPSA) is 35.5 Å². The molecule has 3 rings (SSSR count). The van der Waals surface area contributed by atoms with Crippen LogP contribution in [0.25, 0.3) is 21.5 Å². The lowest BCUT2D eigenvalue weighted by Crippen LogP contribution is -2.03. The summed E-state index contributed by atoms with van der Waals surface area (Å²) in [6.07, 6.45) is 18.5. The molecule has 0 N–H and O–H groups in total. The average molecular weight is 491 g/mol. The molecule has 0 aromatic heterocycles. The van der Waals surface area contributed by atoms with E-state index < -0.39 is 0 Å². The van der Waals surface area contributed by atoms with Gasteiger partial charge in [-0.25, -0.2) is 0 Å². The number of benzene rings is 3. The molecule has 0 heterocycles. The normalized spacial score (nSPS) is 11.2. The molecule has 3 heteroatoms. The lowest BCUT2D eigenvalue weighted by atomic mass is 10.0. The van der Waals surface area contributed by atoms with Gasteiger partial charge in [0, 0.05) is 11.8 Å². The van der Waals surface area contributed by atoms with Crippen molar-refractivity contribution in [1.82, 2.24) is 0 Å². The Hall–Kier alpha value is -2.55. The number of hydrogen-bond donors (Lipinski definition) is 0. The van der Waals surface area contributed by atoms with Crippen molar-refractivity contribution in [3.8, 4) is 5.75 Å². The SMILES string of the molecule is CCOC(=O)CCCCCCCCCCCCCCCCOc1cccc2cc3ccccc3cc12. The van der Waals surface area contributed by atoms with E-state index in [9.17, 15) is 4.79 Å². The third-order valence-corrected chi connectivity index (χ3v) is 7.04. The number of unbranched alkanes of at least 4 members (excludes halogenated alkanes) is 13. The molecule has 0 amide bonds. The highest BCUT2D eigenvalue weighted by molar-refractivity contribution is 6.00. The van der Waals surface area contributed by atoms with Gasteiger partial charge in [-0.1, -0.05) is 113 Å². The van der Waals surface area contributed by atoms with Gasteiger partial charge in [0.05, 0.1) is 13.2 Å². The lowest BCUT2D eigenvalue weighted by molar-refractivity contribution is -0.143. The van der Waals surface area contributed by atoms with Crippen molar-refractivity contribution in [2.24, 2.45) is 0 Å². The van der Waals surface area contributed by atoms with Gasteiger partial charge in [0.25, 0.3) is 0 Å². The second-order valence-corrected chi connectivity index (χ2v) is 10.0. The Balaban J connectivity index is 1.14. The Morgan fingerprint density at radius 3 is 1.75 bits per heavy atom. The second-order valence-electron chi connectivity index (χ2n) is 10.0. The van der Waals surface area contributed by atoms with E-state index in [0.29, 0.717) is 13.0 Å². The first-order valence-corrected chi connectivity index (χ1v) is 14.5. The van der Waals surface area contributed by atoms with E-state index in [1.54, 1.807) is 0 Å². The summed E-state index contributed by atoms with van der Waals surface area (Å²) in [6.45, 7) is 3.16. The Bertz CT molecular complexity index is 1030. The summed E-state index contributed by atoms with van der Waals surface area (Å²) < 4.78 is 11.1. The van der Waals surface area contributed by atoms with Crippen molar-refractivity contribution < 1.29 is 14.3 Å². The van der Waals surface area contributed by atoms with Crippen LogP contribution < -0.4 is 4.74 Å². The summed E-state index contributed by atoms with van der Waals surface area (Å²) in [5.74, 6) is 0.968. The zero-order chi connectivity index (χ0) is 25.3. The van der Waals surface area contributed by atoms with Gasteiger partial charge in [0.15, 0.2) is 0 Å². The van der Waals surface area contributed by atoms with Crippen molar-refractivity contribution >= 4 is 27.5 Å². The van der Waals surface area contributed by atoms with Crippen LogP contribution in [-0.2, 0) is 9.53 Å². The van der Waals surface area contributed by atoms with Crippen LogP contribution in [0.2, 0.25) is 0 Å². The van der Waals surface area contributed by atoms with Gasteiger partial charge in [-0.15, -0.1) is 0 Å². The van der Waals surface area contributed by atoms with Gasteiger partial charge in [-0.05, 0) is 54.1 Å². The fourth-order valence-electron chi connectivity index (χ4n) is 4.97. The molecule has 0 bridgehead atoms. The Kier molecular flexibility index (Phi) is 13.2. The van der Waals surface area contributed by atoms with E-state index in [4.69, 9.17) is 9.47 Å². The molecule has 3 aromatic carbocycles. The largest absolute Gasteiger partial charge is 0.493 e. The number of ether oxygens (including phenoxy) is 2. The van der Waals surface area contributed by atoms with Crippen LogP contribution in [0.4, 0.5) is 0 Å². The Labute approximate surface area is 218 Å². The highest BCUT2D eigenvalue weighted by Crippen LogP contribution is 2.30. The highest BCUT2D eigenvalue weighted by atomic mass is 16.5. The standard InChI is InChI=1S/C33H46O3/c1-2-35-33(34)24-15-13-11-9-7-5-3-4-6-8-10-12-14-18-25-36-32-23-19-22-30-26-28-20-16-17-21-29(28)27-31(30)32/h16-17,19-23,26-27H,2-15,18,24-25H2,1H3. The maximum absolute atomic E-state index is 11.3. The molecule has 3 aromatic rings. The molecule has 0 saturated carbocycles. The first-order valence-electron chi connectivity index (χ1n) is 14.5. The molecular formula is C33H46O3. The third-order valence-electron chi connectivity index (χ3n) is 7.04. The molecule has 36 heavy (non-hydrogen) atoms. The molecule has 0 aliphatic carbocycles. The second kappa shape index (κ2) is 17.0. The fourth-order valence-corrected chi connectivity index (χ4v) is 4.97. The summed E-state index contributed by atoms with van der Waals surface area (Å²) in [5.41, 5.74) is 0. The molecule has 0 fully saturated rings. The maximum Gasteiger partial charge on any atom is 0.305 e. The van der Waals surface area contributed by atoms with Crippen molar-refractivity contribution in [3.05, 3.63) is 54.6 Å². The van der Waals surface area contributed by atoms with Gasteiger partial charge < -0.3 is 9.47 Å². The zero-order valence-electron chi connectivity index (χ0n) is 22.4. The molecule has 0 aliphatic rings.